The van der Waals surface area contributed by atoms with Gasteiger partial charge in [-0.1, -0.05) is 43.7 Å². The molecule has 1 heterocycles. The van der Waals surface area contributed by atoms with E-state index in [1.807, 2.05) is 12.2 Å². The summed E-state index contributed by atoms with van der Waals surface area (Å²) in [5.41, 5.74) is 4.86. The summed E-state index contributed by atoms with van der Waals surface area (Å²) in [4.78, 5) is 6.19. The number of hydrogen-bond acceptors (Lipinski definition) is 2. The zero-order valence-electron chi connectivity index (χ0n) is 13.0. The average Bonchev–Trinajstić information content (AvgIpc) is 2.85. The third-order valence-electron chi connectivity index (χ3n) is 3.79. The highest BCUT2D eigenvalue weighted by molar-refractivity contribution is 7.13. The Kier molecular flexibility index (Phi) is 5.60. The second-order valence-electron chi connectivity index (χ2n) is 5.25. The summed E-state index contributed by atoms with van der Waals surface area (Å²) in [7, 11) is 0. The topological polar surface area (TPSA) is 12.9 Å². The maximum absolute atomic E-state index is 6.10. The van der Waals surface area contributed by atoms with E-state index in [9.17, 15) is 0 Å². The molecule has 1 aromatic heterocycles. The van der Waals surface area contributed by atoms with Gasteiger partial charge in [0.05, 0.1) is 5.69 Å². The molecule has 21 heavy (non-hydrogen) atoms. The number of fused-ring (bicyclic) bond motifs is 1. The summed E-state index contributed by atoms with van der Waals surface area (Å²) in [6.45, 7) is 10.8. The molecule has 1 aliphatic carbocycles. The van der Waals surface area contributed by atoms with E-state index < -0.39 is 0 Å². The first-order valence-electron chi connectivity index (χ1n) is 7.48. The Morgan fingerprint density at radius 1 is 1.33 bits per heavy atom. The van der Waals surface area contributed by atoms with Gasteiger partial charge in [-0.2, -0.15) is 0 Å². The van der Waals surface area contributed by atoms with E-state index in [2.05, 4.69) is 33.4 Å². The van der Waals surface area contributed by atoms with Crippen molar-refractivity contribution in [2.24, 2.45) is 0 Å². The summed E-state index contributed by atoms with van der Waals surface area (Å²) in [5, 5.41) is 1.91. The summed E-state index contributed by atoms with van der Waals surface area (Å²) >= 11 is 7.90. The number of aromatic nitrogens is 1. The van der Waals surface area contributed by atoms with Gasteiger partial charge in [0.25, 0.3) is 0 Å². The lowest BCUT2D eigenvalue weighted by Gasteiger charge is -2.10. The minimum absolute atomic E-state index is 0.800. The van der Waals surface area contributed by atoms with Crippen molar-refractivity contribution < 1.29 is 0 Å². The molecule has 1 aliphatic rings. The fraction of sp³-hybridized carbons (Fsp3) is 0.389. The molecule has 0 radical (unpaired) electrons. The Morgan fingerprint density at radius 3 is 2.76 bits per heavy atom. The van der Waals surface area contributed by atoms with Crippen molar-refractivity contribution in [2.75, 3.05) is 0 Å². The molecule has 0 saturated carbocycles. The zero-order valence-corrected chi connectivity index (χ0v) is 14.6. The molecule has 1 nitrogen and oxygen atoms in total. The molecule has 0 N–H and O–H groups in total. The van der Waals surface area contributed by atoms with Crippen LogP contribution in [0.5, 0.6) is 0 Å². The fourth-order valence-electron chi connectivity index (χ4n) is 2.34. The SMILES string of the molecule is C=C(CC)/C(=C(\C)CC)c1nc2c(s1)CC/C=C(Cl)\C=C/2. The summed E-state index contributed by atoms with van der Waals surface area (Å²) in [6, 6.07) is 0. The number of aryl methyl sites for hydroxylation is 1. The minimum atomic E-state index is 0.800. The average molecular weight is 320 g/mol. The molecular weight excluding hydrogens is 298 g/mol. The predicted molar refractivity (Wildman–Crippen MR) is 95.7 cm³/mol. The standard InChI is InChI=1S/C18H22ClNS/c1-5-12(3)17(13(4)6-2)18-20-15-11-10-14(19)8-7-9-16(15)21-18/h8,10-11H,3,5-7,9H2,1-2,4H3/b11-10-,14-8+,17-13-. The third kappa shape index (κ3) is 3.75. The van der Waals surface area contributed by atoms with Gasteiger partial charge in [0.2, 0.25) is 0 Å². The van der Waals surface area contributed by atoms with E-state index in [0.717, 1.165) is 41.4 Å². The largest absolute Gasteiger partial charge is 0.236 e. The van der Waals surface area contributed by atoms with E-state index in [0.29, 0.717) is 0 Å². The van der Waals surface area contributed by atoms with Crippen LogP contribution < -0.4 is 0 Å². The molecule has 0 atom stereocenters. The highest BCUT2D eigenvalue weighted by Crippen LogP contribution is 2.35. The first-order valence-corrected chi connectivity index (χ1v) is 8.67. The van der Waals surface area contributed by atoms with E-state index in [1.54, 1.807) is 11.3 Å². The van der Waals surface area contributed by atoms with E-state index >= 15 is 0 Å². The van der Waals surface area contributed by atoms with Crippen molar-refractivity contribution in [3.05, 3.63) is 50.5 Å². The molecule has 0 bridgehead atoms. The van der Waals surface area contributed by atoms with Crippen LogP contribution in [0.25, 0.3) is 11.6 Å². The third-order valence-corrected chi connectivity index (χ3v) is 5.22. The lowest BCUT2D eigenvalue weighted by atomic mass is 9.99. The van der Waals surface area contributed by atoms with Crippen LogP contribution in [0, 0.1) is 0 Å². The minimum Gasteiger partial charge on any atom is -0.236 e. The quantitative estimate of drug-likeness (QED) is 0.587. The maximum Gasteiger partial charge on any atom is 0.124 e. The molecular formula is C18H22ClNS. The Bertz CT molecular complexity index is 632. The van der Waals surface area contributed by atoms with Crippen LogP contribution in [0.2, 0.25) is 0 Å². The molecule has 1 aromatic rings. The highest BCUT2D eigenvalue weighted by atomic mass is 35.5. The number of hydrogen-bond donors (Lipinski definition) is 0. The normalized spacial score (nSPS) is 19.7. The smallest absolute Gasteiger partial charge is 0.124 e. The van der Waals surface area contributed by atoms with E-state index in [-0.39, 0.29) is 0 Å². The van der Waals surface area contributed by atoms with Crippen LogP contribution in [0.3, 0.4) is 0 Å². The van der Waals surface area contributed by atoms with Crippen molar-refractivity contribution in [3.63, 3.8) is 0 Å². The number of allylic oxidation sites excluding steroid dienone is 6. The Hall–Kier alpha value is -1.12. The monoisotopic (exact) mass is 319 g/mol. The Labute approximate surface area is 136 Å². The van der Waals surface area contributed by atoms with Crippen molar-refractivity contribution in [1.82, 2.24) is 4.98 Å². The van der Waals surface area contributed by atoms with Gasteiger partial charge in [-0.05, 0) is 50.3 Å². The van der Waals surface area contributed by atoms with Crippen LogP contribution in [0.4, 0.5) is 0 Å². The summed E-state index contributed by atoms with van der Waals surface area (Å²) in [6.07, 6.45) is 10.00. The van der Waals surface area contributed by atoms with Crippen LogP contribution in [-0.4, -0.2) is 4.98 Å². The van der Waals surface area contributed by atoms with Crippen molar-refractivity contribution in [2.45, 2.75) is 46.5 Å². The first-order chi connectivity index (χ1) is 10.1. The number of rotatable bonds is 4. The molecule has 0 aromatic carbocycles. The second kappa shape index (κ2) is 7.24. The number of thiazole rings is 1. The Balaban J connectivity index is 2.47. The summed E-state index contributed by atoms with van der Waals surface area (Å²) in [5.74, 6) is 0. The van der Waals surface area contributed by atoms with E-state index in [4.69, 9.17) is 16.6 Å². The number of nitrogens with zero attached hydrogens (tertiary/aromatic N) is 1. The van der Waals surface area contributed by atoms with Gasteiger partial charge in [-0.3, -0.25) is 0 Å². The van der Waals surface area contributed by atoms with Gasteiger partial charge in [0.1, 0.15) is 5.01 Å². The van der Waals surface area contributed by atoms with Crippen LogP contribution >= 0.6 is 22.9 Å². The van der Waals surface area contributed by atoms with Crippen molar-refractivity contribution >= 4 is 34.6 Å². The highest BCUT2D eigenvalue weighted by Gasteiger charge is 2.16. The second-order valence-corrected chi connectivity index (χ2v) is 6.77. The van der Waals surface area contributed by atoms with Gasteiger partial charge in [0, 0.05) is 15.5 Å². The molecule has 3 heteroatoms. The molecule has 112 valence electrons. The number of halogens is 1. The summed E-state index contributed by atoms with van der Waals surface area (Å²) < 4.78 is 0. The van der Waals surface area contributed by atoms with Gasteiger partial charge < -0.3 is 0 Å². The molecule has 2 rings (SSSR count). The van der Waals surface area contributed by atoms with Crippen LogP contribution in [0.1, 0.15) is 55.6 Å². The van der Waals surface area contributed by atoms with Crippen LogP contribution in [-0.2, 0) is 6.42 Å². The fourth-order valence-corrected chi connectivity index (χ4v) is 3.74. The van der Waals surface area contributed by atoms with Gasteiger partial charge in [-0.15, -0.1) is 11.3 Å². The van der Waals surface area contributed by atoms with Gasteiger partial charge >= 0.3 is 0 Å². The molecule has 0 fully saturated rings. The van der Waals surface area contributed by atoms with Gasteiger partial charge in [-0.25, -0.2) is 4.98 Å². The molecule has 0 unspecified atom stereocenters. The van der Waals surface area contributed by atoms with Crippen LogP contribution in [0.15, 0.2) is 34.9 Å². The van der Waals surface area contributed by atoms with Crippen molar-refractivity contribution in [3.8, 4) is 0 Å². The molecule has 0 saturated heterocycles. The predicted octanol–water partition coefficient (Wildman–Crippen LogP) is 6.37. The molecule has 0 spiro atoms. The van der Waals surface area contributed by atoms with Gasteiger partial charge in [0.15, 0.2) is 0 Å². The zero-order chi connectivity index (χ0) is 15.4. The maximum atomic E-state index is 6.10. The Morgan fingerprint density at radius 2 is 2.10 bits per heavy atom. The van der Waals surface area contributed by atoms with E-state index in [1.165, 1.54) is 21.6 Å². The van der Waals surface area contributed by atoms with Crippen molar-refractivity contribution in [1.29, 1.82) is 0 Å². The lowest BCUT2D eigenvalue weighted by molar-refractivity contribution is 1.01. The lowest BCUT2D eigenvalue weighted by Crippen LogP contribution is -1.92. The molecule has 0 amide bonds. The first kappa shape index (κ1) is 16.3. The molecule has 0 aliphatic heterocycles.